The molecule has 0 aliphatic heterocycles. The highest BCUT2D eigenvalue weighted by atomic mass is 35.5. The van der Waals surface area contributed by atoms with Crippen LogP contribution in [-0.4, -0.2) is 11.0 Å². The summed E-state index contributed by atoms with van der Waals surface area (Å²) in [5.41, 5.74) is 1.50. The van der Waals surface area contributed by atoms with Crippen molar-refractivity contribution in [2.75, 3.05) is 0 Å². The molecule has 3 nitrogen and oxygen atoms in total. The van der Waals surface area contributed by atoms with E-state index < -0.39 is 0 Å². The molecule has 0 saturated heterocycles. The number of benzene rings is 1. The molecule has 0 aliphatic carbocycles. The van der Waals surface area contributed by atoms with Crippen molar-refractivity contribution in [2.24, 2.45) is 0 Å². The zero-order chi connectivity index (χ0) is 13.1. The number of nitrogens with one attached hydrogen (secondary N) is 1. The van der Waals surface area contributed by atoms with Gasteiger partial charge in [-0.1, -0.05) is 43.1 Å². The first-order valence-electron chi connectivity index (χ1n) is 5.69. The Morgan fingerprint density at radius 2 is 1.94 bits per heavy atom. The van der Waals surface area contributed by atoms with Gasteiger partial charge in [-0.3, -0.25) is 0 Å². The first kappa shape index (κ1) is 13.4. The number of rotatable bonds is 4. The van der Waals surface area contributed by atoms with Gasteiger partial charge in [-0.15, -0.1) is 0 Å². The zero-order valence-corrected chi connectivity index (χ0v) is 11.7. The number of aromatic nitrogens is 1. The Hall–Kier alpha value is -1.03. The predicted octanol–water partition coefficient (Wildman–Crippen LogP) is 4.15. The highest BCUT2D eigenvalue weighted by Crippen LogP contribution is 2.36. The van der Waals surface area contributed by atoms with Crippen LogP contribution < -0.4 is 5.32 Å². The van der Waals surface area contributed by atoms with Gasteiger partial charge in [-0.25, -0.2) is 4.98 Å². The fourth-order valence-electron chi connectivity index (χ4n) is 1.61. The highest BCUT2D eigenvalue weighted by Gasteiger charge is 2.17. The van der Waals surface area contributed by atoms with Gasteiger partial charge < -0.3 is 9.73 Å². The lowest BCUT2D eigenvalue weighted by molar-refractivity contribution is 0.563. The minimum Gasteiger partial charge on any atom is -0.443 e. The van der Waals surface area contributed by atoms with Crippen molar-refractivity contribution in [3.8, 4) is 11.3 Å². The van der Waals surface area contributed by atoms with Crippen LogP contribution >= 0.6 is 23.2 Å². The van der Waals surface area contributed by atoms with Gasteiger partial charge in [0.25, 0.3) is 0 Å². The molecule has 5 heteroatoms. The molecule has 0 aliphatic rings. The Bertz CT molecular complexity index is 517. The largest absolute Gasteiger partial charge is 0.443 e. The number of nitrogens with zero attached hydrogens (tertiary/aromatic N) is 1. The lowest BCUT2D eigenvalue weighted by Crippen LogP contribution is -2.22. The van der Waals surface area contributed by atoms with Gasteiger partial charge in [-0.2, -0.15) is 0 Å². The third-order valence-electron chi connectivity index (χ3n) is 2.51. The van der Waals surface area contributed by atoms with E-state index in [-0.39, 0.29) is 0 Å². The molecular formula is C13H14Cl2N2O. The summed E-state index contributed by atoms with van der Waals surface area (Å²) in [5.74, 6) is 0.624. The summed E-state index contributed by atoms with van der Waals surface area (Å²) in [4.78, 5) is 4.20. The minimum absolute atomic E-state index is 0.372. The van der Waals surface area contributed by atoms with E-state index in [1.54, 1.807) is 18.2 Å². The van der Waals surface area contributed by atoms with E-state index in [0.717, 1.165) is 5.69 Å². The van der Waals surface area contributed by atoms with Crippen molar-refractivity contribution in [3.05, 3.63) is 40.3 Å². The van der Waals surface area contributed by atoms with Crippen LogP contribution in [0, 0.1) is 0 Å². The quantitative estimate of drug-likeness (QED) is 0.917. The Balaban J connectivity index is 2.36. The fraction of sp³-hybridized carbons (Fsp3) is 0.308. The summed E-state index contributed by atoms with van der Waals surface area (Å²) in [6.45, 7) is 4.76. The second-order valence-electron chi connectivity index (χ2n) is 4.26. The van der Waals surface area contributed by atoms with E-state index >= 15 is 0 Å². The smallest absolute Gasteiger partial charge is 0.181 e. The third-order valence-corrected chi connectivity index (χ3v) is 3.14. The van der Waals surface area contributed by atoms with Crippen molar-refractivity contribution >= 4 is 23.2 Å². The number of oxazole rings is 1. The van der Waals surface area contributed by atoms with E-state index in [4.69, 9.17) is 27.6 Å². The average Bonchev–Trinajstić information content (AvgIpc) is 2.74. The molecule has 2 rings (SSSR count). The van der Waals surface area contributed by atoms with Crippen molar-refractivity contribution < 1.29 is 4.42 Å². The van der Waals surface area contributed by atoms with Crippen molar-refractivity contribution in [2.45, 2.75) is 26.4 Å². The van der Waals surface area contributed by atoms with E-state index in [1.165, 1.54) is 6.39 Å². The summed E-state index contributed by atoms with van der Waals surface area (Å²) >= 11 is 12.3. The molecule has 1 aromatic carbocycles. The molecule has 0 bridgehead atoms. The second-order valence-corrected chi connectivity index (χ2v) is 5.07. The van der Waals surface area contributed by atoms with Gasteiger partial charge in [0.2, 0.25) is 0 Å². The normalized spacial score (nSPS) is 11.2. The standard InChI is InChI=1S/C13H14Cl2N2O/c1-8(2)16-6-11-13(18-7-17-11)12-9(14)4-3-5-10(12)15/h3-5,7-8,16H,6H2,1-2H3. The molecule has 0 spiro atoms. The molecular weight excluding hydrogens is 271 g/mol. The van der Waals surface area contributed by atoms with E-state index in [0.29, 0.717) is 34.0 Å². The SMILES string of the molecule is CC(C)NCc1ncoc1-c1c(Cl)cccc1Cl. The number of hydrogen-bond donors (Lipinski definition) is 1. The van der Waals surface area contributed by atoms with Gasteiger partial charge in [0, 0.05) is 12.6 Å². The summed E-state index contributed by atoms with van der Waals surface area (Å²) in [7, 11) is 0. The first-order valence-corrected chi connectivity index (χ1v) is 6.45. The van der Waals surface area contributed by atoms with Crippen molar-refractivity contribution in [3.63, 3.8) is 0 Å². The molecule has 2 aromatic rings. The maximum Gasteiger partial charge on any atom is 0.181 e. The lowest BCUT2D eigenvalue weighted by atomic mass is 10.1. The van der Waals surface area contributed by atoms with E-state index in [1.807, 2.05) is 0 Å². The molecule has 1 aromatic heterocycles. The van der Waals surface area contributed by atoms with E-state index in [9.17, 15) is 0 Å². The van der Waals surface area contributed by atoms with E-state index in [2.05, 4.69) is 24.1 Å². The second kappa shape index (κ2) is 5.74. The van der Waals surface area contributed by atoms with Gasteiger partial charge in [-0.05, 0) is 12.1 Å². The summed E-state index contributed by atoms with van der Waals surface area (Å²) in [6, 6.07) is 5.74. The molecule has 96 valence electrons. The number of hydrogen-bond acceptors (Lipinski definition) is 3. The van der Waals surface area contributed by atoms with Crippen LogP contribution in [-0.2, 0) is 6.54 Å². The maximum atomic E-state index is 6.16. The van der Waals surface area contributed by atoms with Gasteiger partial charge >= 0.3 is 0 Å². The van der Waals surface area contributed by atoms with Crippen LogP contribution in [0.25, 0.3) is 11.3 Å². The van der Waals surface area contributed by atoms with Gasteiger partial charge in [0.05, 0.1) is 15.6 Å². The van der Waals surface area contributed by atoms with Crippen LogP contribution in [0.5, 0.6) is 0 Å². The van der Waals surface area contributed by atoms with Crippen molar-refractivity contribution in [1.29, 1.82) is 0 Å². The highest BCUT2D eigenvalue weighted by molar-refractivity contribution is 6.39. The molecule has 0 atom stereocenters. The summed E-state index contributed by atoms with van der Waals surface area (Å²) in [6.07, 6.45) is 1.41. The number of halogens is 2. The Kier molecular flexibility index (Phi) is 4.27. The van der Waals surface area contributed by atoms with Crippen molar-refractivity contribution in [1.82, 2.24) is 10.3 Å². The summed E-state index contributed by atoms with van der Waals surface area (Å²) < 4.78 is 5.42. The molecule has 0 fully saturated rings. The van der Waals surface area contributed by atoms with Crippen LogP contribution in [0.4, 0.5) is 0 Å². The maximum absolute atomic E-state index is 6.16. The van der Waals surface area contributed by atoms with Crippen LogP contribution in [0.2, 0.25) is 10.0 Å². The Morgan fingerprint density at radius 1 is 1.28 bits per heavy atom. The minimum atomic E-state index is 0.372. The topological polar surface area (TPSA) is 38.1 Å². The van der Waals surface area contributed by atoms with Crippen LogP contribution in [0.1, 0.15) is 19.5 Å². The Labute approximate surface area is 116 Å². The average molecular weight is 285 g/mol. The van der Waals surface area contributed by atoms with Gasteiger partial charge in [0.1, 0.15) is 5.69 Å². The molecule has 0 amide bonds. The fourth-order valence-corrected chi connectivity index (χ4v) is 2.18. The lowest BCUT2D eigenvalue weighted by Gasteiger charge is -2.08. The molecule has 1 N–H and O–H groups in total. The third kappa shape index (κ3) is 2.86. The van der Waals surface area contributed by atoms with Crippen LogP contribution in [0.3, 0.4) is 0 Å². The van der Waals surface area contributed by atoms with Crippen LogP contribution in [0.15, 0.2) is 29.0 Å². The Morgan fingerprint density at radius 3 is 2.56 bits per heavy atom. The predicted molar refractivity (Wildman–Crippen MR) is 73.9 cm³/mol. The molecule has 1 heterocycles. The molecule has 0 unspecified atom stereocenters. The monoisotopic (exact) mass is 284 g/mol. The molecule has 0 saturated carbocycles. The molecule has 18 heavy (non-hydrogen) atoms. The summed E-state index contributed by atoms with van der Waals surface area (Å²) in [5, 5.41) is 4.41. The first-order chi connectivity index (χ1) is 8.59. The molecule has 0 radical (unpaired) electrons. The van der Waals surface area contributed by atoms with Gasteiger partial charge in [0.15, 0.2) is 12.2 Å². The zero-order valence-electron chi connectivity index (χ0n) is 10.2.